The average Bonchev–Trinajstić information content (AvgIpc) is 3.15. The van der Waals surface area contributed by atoms with Crippen molar-refractivity contribution in [1.82, 2.24) is 4.98 Å². The van der Waals surface area contributed by atoms with E-state index in [4.69, 9.17) is 4.74 Å². The van der Waals surface area contributed by atoms with Crippen LogP contribution in [0.2, 0.25) is 0 Å². The molecule has 1 heterocycles. The monoisotopic (exact) mass is 392 g/mol. The molecule has 0 aliphatic heterocycles. The van der Waals surface area contributed by atoms with Crippen molar-refractivity contribution in [3.63, 3.8) is 0 Å². The third-order valence-electron chi connectivity index (χ3n) is 4.31. The van der Waals surface area contributed by atoms with E-state index in [1.54, 1.807) is 18.1 Å². The van der Waals surface area contributed by atoms with E-state index >= 15 is 0 Å². The molecule has 6 heteroatoms. The number of anilines is 1. The molecule has 0 saturated carbocycles. The minimum absolute atomic E-state index is 0.285. The number of nitrogens with zero attached hydrogens (tertiary/aromatic N) is 2. The summed E-state index contributed by atoms with van der Waals surface area (Å²) < 4.78 is 19.9. The molecule has 3 aromatic carbocycles. The third kappa shape index (κ3) is 3.73. The Hall–Kier alpha value is -3.25. The normalized spacial score (nSPS) is 10.8. The van der Waals surface area contributed by atoms with Crippen LogP contribution in [0.1, 0.15) is 15.9 Å². The van der Waals surface area contributed by atoms with Crippen LogP contribution in [0.4, 0.5) is 9.52 Å². The third-order valence-corrected chi connectivity index (χ3v) is 5.37. The lowest BCUT2D eigenvalue weighted by Gasteiger charge is -2.20. The van der Waals surface area contributed by atoms with Crippen LogP contribution in [0.25, 0.3) is 10.2 Å². The predicted molar refractivity (Wildman–Crippen MR) is 110 cm³/mol. The molecule has 0 saturated heterocycles. The van der Waals surface area contributed by atoms with Crippen LogP contribution in [0.15, 0.2) is 72.8 Å². The molecule has 0 unspecified atom stereocenters. The van der Waals surface area contributed by atoms with Gasteiger partial charge < -0.3 is 4.74 Å². The lowest BCUT2D eigenvalue weighted by atomic mass is 10.1. The van der Waals surface area contributed by atoms with E-state index in [2.05, 4.69) is 4.98 Å². The van der Waals surface area contributed by atoms with E-state index in [0.29, 0.717) is 17.4 Å². The summed E-state index contributed by atoms with van der Waals surface area (Å²) in [5.41, 5.74) is 2.00. The SMILES string of the molecule is COc1ccc2sc(N(Cc3ccccc3)C(=O)c3cccc(F)c3)nc2c1. The number of hydrogen-bond donors (Lipinski definition) is 0. The lowest BCUT2D eigenvalue weighted by Crippen LogP contribution is -2.30. The zero-order chi connectivity index (χ0) is 19.5. The van der Waals surface area contributed by atoms with Gasteiger partial charge in [-0.1, -0.05) is 47.7 Å². The molecule has 0 spiro atoms. The van der Waals surface area contributed by atoms with Gasteiger partial charge in [-0.05, 0) is 35.9 Å². The van der Waals surface area contributed by atoms with Crippen molar-refractivity contribution in [1.29, 1.82) is 0 Å². The molecule has 0 fully saturated rings. The summed E-state index contributed by atoms with van der Waals surface area (Å²) >= 11 is 1.42. The Bertz CT molecular complexity index is 1130. The van der Waals surface area contributed by atoms with E-state index in [0.717, 1.165) is 15.8 Å². The first kappa shape index (κ1) is 18.1. The summed E-state index contributed by atoms with van der Waals surface area (Å²) in [6.45, 7) is 0.340. The van der Waals surface area contributed by atoms with Gasteiger partial charge in [0.15, 0.2) is 5.13 Å². The Morgan fingerprint density at radius 3 is 2.64 bits per heavy atom. The second-order valence-corrected chi connectivity index (χ2v) is 7.23. The summed E-state index contributed by atoms with van der Waals surface area (Å²) in [6.07, 6.45) is 0. The number of hydrogen-bond acceptors (Lipinski definition) is 4. The van der Waals surface area contributed by atoms with Crippen LogP contribution >= 0.6 is 11.3 Å². The maximum Gasteiger partial charge on any atom is 0.260 e. The highest BCUT2D eigenvalue weighted by Gasteiger charge is 2.22. The van der Waals surface area contributed by atoms with Crippen molar-refractivity contribution in [3.8, 4) is 5.75 Å². The number of carbonyl (C=O) groups excluding carboxylic acids is 1. The highest BCUT2D eigenvalue weighted by Crippen LogP contribution is 2.32. The minimum atomic E-state index is -0.445. The molecule has 4 rings (SSSR count). The van der Waals surface area contributed by atoms with Gasteiger partial charge in [-0.3, -0.25) is 9.69 Å². The molecule has 4 nitrogen and oxygen atoms in total. The van der Waals surface area contributed by atoms with Crippen molar-refractivity contribution in [2.24, 2.45) is 0 Å². The van der Waals surface area contributed by atoms with Gasteiger partial charge >= 0.3 is 0 Å². The highest BCUT2D eigenvalue weighted by molar-refractivity contribution is 7.22. The average molecular weight is 392 g/mol. The summed E-state index contributed by atoms with van der Waals surface area (Å²) in [7, 11) is 1.60. The van der Waals surface area contributed by atoms with Gasteiger partial charge in [-0.25, -0.2) is 9.37 Å². The summed E-state index contributed by atoms with van der Waals surface area (Å²) in [6, 6.07) is 21.0. The van der Waals surface area contributed by atoms with Crippen LogP contribution in [0, 0.1) is 5.82 Å². The predicted octanol–water partition coefficient (Wildman–Crippen LogP) is 5.29. The molecule has 0 aliphatic carbocycles. The smallest absolute Gasteiger partial charge is 0.260 e. The topological polar surface area (TPSA) is 42.4 Å². The van der Waals surface area contributed by atoms with Crippen LogP contribution in [-0.4, -0.2) is 18.0 Å². The summed E-state index contributed by atoms with van der Waals surface area (Å²) in [5, 5.41) is 0.557. The van der Waals surface area contributed by atoms with Crippen LogP contribution in [0.5, 0.6) is 5.75 Å². The number of halogens is 1. The first-order valence-electron chi connectivity index (χ1n) is 8.70. The first-order valence-corrected chi connectivity index (χ1v) is 9.51. The Labute approximate surface area is 165 Å². The van der Waals surface area contributed by atoms with E-state index in [-0.39, 0.29) is 11.5 Å². The molecule has 0 N–H and O–H groups in total. The zero-order valence-electron chi connectivity index (χ0n) is 15.1. The molecule has 0 bridgehead atoms. The molecular formula is C22H17FN2O2S. The van der Waals surface area contributed by atoms with Gasteiger partial charge in [-0.2, -0.15) is 0 Å². The molecule has 28 heavy (non-hydrogen) atoms. The molecule has 0 aliphatic rings. The standard InChI is InChI=1S/C22H17FN2O2S/c1-27-18-10-11-20-19(13-18)24-22(28-20)25(14-15-6-3-2-4-7-15)21(26)16-8-5-9-17(23)12-16/h2-13H,14H2,1H3. The highest BCUT2D eigenvalue weighted by atomic mass is 32.1. The number of ether oxygens (including phenoxy) is 1. The fourth-order valence-corrected chi connectivity index (χ4v) is 3.85. The number of thiazole rings is 1. The first-order chi connectivity index (χ1) is 13.6. The molecule has 4 aromatic rings. The fourth-order valence-electron chi connectivity index (χ4n) is 2.91. The van der Waals surface area contributed by atoms with Gasteiger partial charge in [0.05, 0.1) is 23.9 Å². The van der Waals surface area contributed by atoms with Gasteiger partial charge in [0.25, 0.3) is 5.91 Å². The van der Waals surface area contributed by atoms with Crippen molar-refractivity contribution in [2.45, 2.75) is 6.54 Å². The number of fused-ring (bicyclic) bond motifs is 1. The second kappa shape index (κ2) is 7.78. The van der Waals surface area contributed by atoms with E-state index in [1.165, 1.54) is 29.5 Å². The van der Waals surface area contributed by atoms with Gasteiger partial charge in [0, 0.05) is 11.6 Å². The molecule has 0 atom stereocenters. The lowest BCUT2D eigenvalue weighted by molar-refractivity contribution is 0.0984. The molecular weight excluding hydrogens is 375 g/mol. The summed E-state index contributed by atoms with van der Waals surface area (Å²) in [5.74, 6) is -0.0377. The molecule has 1 amide bonds. The van der Waals surface area contributed by atoms with Gasteiger partial charge in [0.1, 0.15) is 11.6 Å². The minimum Gasteiger partial charge on any atom is -0.497 e. The Balaban J connectivity index is 1.77. The van der Waals surface area contributed by atoms with Crippen LogP contribution < -0.4 is 9.64 Å². The van der Waals surface area contributed by atoms with Crippen molar-refractivity contribution >= 4 is 32.6 Å². The van der Waals surface area contributed by atoms with Crippen LogP contribution in [0.3, 0.4) is 0 Å². The largest absolute Gasteiger partial charge is 0.497 e. The number of carbonyl (C=O) groups is 1. The van der Waals surface area contributed by atoms with Gasteiger partial charge in [0.2, 0.25) is 0 Å². The fraction of sp³-hybridized carbons (Fsp3) is 0.0909. The molecule has 0 radical (unpaired) electrons. The van der Waals surface area contributed by atoms with Crippen molar-refractivity contribution in [3.05, 3.63) is 89.7 Å². The van der Waals surface area contributed by atoms with E-state index in [9.17, 15) is 9.18 Å². The molecule has 1 aromatic heterocycles. The van der Waals surface area contributed by atoms with Gasteiger partial charge in [-0.15, -0.1) is 0 Å². The summed E-state index contributed by atoms with van der Waals surface area (Å²) in [4.78, 5) is 19.4. The second-order valence-electron chi connectivity index (χ2n) is 6.22. The maximum absolute atomic E-state index is 13.7. The quantitative estimate of drug-likeness (QED) is 0.463. The number of rotatable bonds is 5. The maximum atomic E-state index is 13.7. The molecule has 140 valence electrons. The zero-order valence-corrected chi connectivity index (χ0v) is 15.9. The van der Waals surface area contributed by atoms with E-state index in [1.807, 2.05) is 48.5 Å². The number of amides is 1. The van der Waals surface area contributed by atoms with Crippen LogP contribution in [-0.2, 0) is 6.54 Å². The number of aromatic nitrogens is 1. The number of methoxy groups -OCH3 is 1. The van der Waals surface area contributed by atoms with Crippen molar-refractivity contribution in [2.75, 3.05) is 12.0 Å². The van der Waals surface area contributed by atoms with Crippen molar-refractivity contribution < 1.29 is 13.9 Å². The Morgan fingerprint density at radius 2 is 1.89 bits per heavy atom. The Kier molecular flexibility index (Phi) is 5.04. The number of benzene rings is 3. The van der Waals surface area contributed by atoms with E-state index < -0.39 is 5.82 Å². The Morgan fingerprint density at radius 1 is 1.07 bits per heavy atom.